The van der Waals surface area contributed by atoms with Crippen molar-refractivity contribution in [2.24, 2.45) is 0 Å². The highest BCUT2D eigenvalue weighted by molar-refractivity contribution is 6.36. The Balaban J connectivity index is 1.91. The van der Waals surface area contributed by atoms with Crippen molar-refractivity contribution in [3.63, 3.8) is 0 Å². The fourth-order valence-corrected chi connectivity index (χ4v) is 2.59. The summed E-state index contributed by atoms with van der Waals surface area (Å²) < 4.78 is 10.4. The van der Waals surface area contributed by atoms with E-state index in [1.165, 1.54) is 0 Å². The van der Waals surface area contributed by atoms with Crippen molar-refractivity contribution >= 4 is 28.1 Å². The monoisotopic (exact) mass is 329 g/mol. The van der Waals surface area contributed by atoms with Crippen LogP contribution in [0.3, 0.4) is 0 Å². The number of nitrogens with one attached hydrogen (secondary N) is 1. The molecule has 0 radical (unpaired) electrons. The molecule has 3 aromatic rings. The summed E-state index contributed by atoms with van der Waals surface area (Å²) in [5.74, 6) is 0.0664. The van der Waals surface area contributed by atoms with Gasteiger partial charge >= 0.3 is 11.6 Å². The Morgan fingerprint density at radius 3 is 2.65 bits per heavy atom. The first-order valence-electron chi connectivity index (χ1n) is 7.36. The van der Waals surface area contributed by atoms with Crippen molar-refractivity contribution in [1.29, 1.82) is 0 Å². The van der Waals surface area contributed by atoms with Crippen molar-refractivity contribution in [3.8, 4) is 5.95 Å². The molecule has 118 valence electrons. The molecule has 0 spiro atoms. The zero-order valence-electron chi connectivity index (χ0n) is 12.6. The summed E-state index contributed by atoms with van der Waals surface area (Å²) in [5.41, 5.74) is 1.52. The lowest BCUT2D eigenvalue weighted by atomic mass is 10.1. The van der Waals surface area contributed by atoms with E-state index in [1.54, 1.807) is 19.1 Å². The molecule has 0 fully saturated rings. The van der Waals surface area contributed by atoms with Gasteiger partial charge < -0.3 is 14.5 Å². The van der Waals surface area contributed by atoms with Crippen molar-refractivity contribution in [1.82, 2.24) is 0 Å². The maximum absolute atomic E-state index is 12.1. The molecule has 0 saturated carbocycles. The lowest BCUT2D eigenvalue weighted by Crippen LogP contribution is -2.05. The van der Waals surface area contributed by atoms with Crippen LogP contribution in [0, 0.1) is 0 Å². The zero-order chi connectivity index (χ0) is 16.2. The van der Waals surface area contributed by atoms with Crippen LogP contribution < -0.4 is 15.7 Å². The van der Waals surface area contributed by atoms with Gasteiger partial charge in [0.05, 0.1) is 12.0 Å². The highest BCUT2D eigenvalue weighted by Crippen LogP contribution is 2.31. The second-order valence-electron chi connectivity index (χ2n) is 5.02. The van der Waals surface area contributed by atoms with Crippen molar-refractivity contribution in [3.05, 3.63) is 69.5 Å². The highest BCUT2D eigenvalue weighted by Gasteiger charge is 2.13. The molecule has 0 atom stereocenters. The number of ether oxygens (including phenoxy) is 1. The molecule has 0 aliphatic heterocycles. The van der Waals surface area contributed by atoms with Gasteiger partial charge in [0.25, 0.3) is 0 Å². The first kappa shape index (κ1) is 15.4. The van der Waals surface area contributed by atoms with E-state index in [0.717, 1.165) is 11.3 Å². The van der Waals surface area contributed by atoms with E-state index in [9.17, 15) is 4.79 Å². The molecule has 0 unspecified atom stereocenters. The van der Waals surface area contributed by atoms with Crippen molar-refractivity contribution in [2.45, 2.75) is 13.5 Å². The minimum Gasteiger partial charge on any atom is -0.464 e. The normalized spacial score (nSPS) is 10.7. The summed E-state index contributed by atoms with van der Waals surface area (Å²) in [6.07, 6.45) is 0. The topological polar surface area (TPSA) is 51.5 Å². The van der Waals surface area contributed by atoms with Crippen LogP contribution in [0.25, 0.3) is 10.8 Å². The molecule has 3 rings (SSSR count). The Morgan fingerprint density at radius 2 is 1.91 bits per heavy atom. The van der Waals surface area contributed by atoms with Crippen LogP contribution in [-0.2, 0) is 6.54 Å². The van der Waals surface area contributed by atoms with Gasteiger partial charge in [-0.2, -0.15) is 0 Å². The van der Waals surface area contributed by atoms with E-state index >= 15 is 0 Å². The molecule has 1 N–H and O–H groups in total. The SMILES string of the molecule is CCOc1oc(=O)c2cc(NCc3ccccc3)ccc2c1Cl. The molecule has 0 aliphatic carbocycles. The summed E-state index contributed by atoms with van der Waals surface area (Å²) in [4.78, 5) is 12.1. The van der Waals surface area contributed by atoms with Gasteiger partial charge in [-0.15, -0.1) is 0 Å². The van der Waals surface area contributed by atoms with Crippen LogP contribution in [0.5, 0.6) is 5.95 Å². The Morgan fingerprint density at radius 1 is 1.13 bits per heavy atom. The van der Waals surface area contributed by atoms with Crippen molar-refractivity contribution < 1.29 is 9.15 Å². The highest BCUT2D eigenvalue weighted by atomic mass is 35.5. The number of benzene rings is 2. The van der Waals surface area contributed by atoms with E-state index in [-0.39, 0.29) is 5.95 Å². The number of anilines is 1. The maximum atomic E-state index is 12.1. The van der Waals surface area contributed by atoms with Gasteiger partial charge in [-0.1, -0.05) is 48.0 Å². The van der Waals surface area contributed by atoms with Gasteiger partial charge in [0, 0.05) is 17.6 Å². The number of rotatable bonds is 5. The van der Waals surface area contributed by atoms with Crippen molar-refractivity contribution in [2.75, 3.05) is 11.9 Å². The minimum atomic E-state index is -0.462. The van der Waals surface area contributed by atoms with Crippen LogP contribution in [0.4, 0.5) is 5.69 Å². The van der Waals surface area contributed by atoms with Gasteiger partial charge in [0.15, 0.2) is 0 Å². The Hall–Kier alpha value is -2.46. The third-order valence-corrected chi connectivity index (χ3v) is 3.81. The first-order valence-corrected chi connectivity index (χ1v) is 7.74. The second-order valence-corrected chi connectivity index (χ2v) is 5.40. The van der Waals surface area contributed by atoms with Gasteiger partial charge in [-0.25, -0.2) is 4.79 Å². The first-order chi connectivity index (χ1) is 11.2. The average Bonchev–Trinajstić information content (AvgIpc) is 2.58. The average molecular weight is 330 g/mol. The predicted octanol–water partition coefficient (Wildman–Crippen LogP) is 4.46. The Bertz CT molecular complexity index is 875. The number of halogens is 1. The minimum absolute atomic E-state index is 0.0664. The molecule has 0 saturated heterocycles. The lowest BCUT2D eigenvalue weighted by molar-refractivity contribution is 0.246. The number of hydrogen-bond acceptors (Lipinski definition) is 4. The third-order valence-electron chi connectivity index (χ3n) is 3.46. The lowest BCUT2D eigenvalue weighted by Gasteiger charge is -2.09. The zero-order valence-corrected chi connectivity index (χ0v) is 13.4. The molecule has 1 aromatic heterocycles. The second kappa shape index (κ2) is 6.75. The summed E-state index contributed by atoms with van der Waals surface area (Å²) in [5, 5.41) is 4.65. The molecule has 4 nitrogen and oxygen atoms in total. The molecular formula is C18H16ClNO3. The summed E-state index contributed by atoms with van der Waals surface area (Å²) in [6, 6.07) is 15.4. The maximum Gasteiger partial charge on any atom is 0.346 e. The van der Waals surface area contributed by atoms with E-state index in [1.807, 2.05) is 36.4 Å². The predicted molar refractivity (Wildman–Crippen MR) is 92.4 cm³/mol. The molecule has 0 amide bonds. The van der Waals surface area contributed by atoms with Gasteiger partial charge in [-0.05, 0) is 24.6 Å². The Kier molecular flexibility index (Phi) is 4.53. The van der Waals surface area contributed by atoms with Crippen LogP contribution >= 0.6 is 11.6 Å². The molecule has 5 heteroatoms. The summed E-state index contributed by atoms with van der Waals surface area (Å²) in [6.45, 7) is 2.85. The van der Waals surface area contributed by atoms with Gasteiger partial charge in [0.1, 0.15) is 5.02 Å². The molecule has 2 aromatic carbocycles. The van der Waals surface area contributed by atoms with E-state index in [4.69, 9.17) is 20.8 Å². The largest absolute Gasteiger partial charge is 0.464 e. The summed E-state index contributed by atoms with van der Waals surface area (Å²) in [7, 11) is 0. The Labute approximate surface area is 138 Å². The quantitative estimate of drug-likeness (QED) is 0.751. The molecule has 1 heterocycles. The smallest absolute Gasteiger partial charge is 0.346 e. The number of fused-ring (bicyclic) bond motifs is 1. The van der Waals surface area contributed by atoms with Gasteiger partial charge in [0.2, 0.25) is 0 Å². The molecule has 0 bridgehead atoms. The van der Waals surface area contributed by atoms with Crippen LogP contribution in [0.1, 0.15) is 12.5 Å². The van der Waals surface area contributed by atoms with Crippen LogP contribution in [0.15, 0.2) is 57.7 Å². The van der Waals surface area contributed by atoms with E-state index < -0.39 is 5.63 Å². The third kappa shape index (κ3) is 3.32. The standard InChI is InChI=1S/C18H16ClNO3/c1-2-22-18-16(19)14-9-8-13(10-15(14)17(21)23-18)20-11-12-6-4-3-5-7-12/h3-10,20H,2,11H2,1H3. The van der Waals surface area contributed by atoms with E-state index in [2.05, 4.69) is 5.32 Å². The van der Waals surface area contributed by atoms with Crippen LogP contribution in [-0.4, -0.2) is 6.61 Å². The fraction of sp³-hybridized carbons (Fsp3) is 0.167. The van der Waals surface area contributed by atoms with E-state index in [0.29, 0.717) is 28.9 Å². The van der Waals surface area contributed by atoms with Gasteiger partial charge in [-0.3, -0.25) is 0 Å². The summed E-state index contributed by atoms with van der Waals surface area (Å²) >= 11 is 6.24. The molecule has 23 heavy (non-hydrogen) atoms. The van der Waals surface area contributed by atoms with Crippen LogP contribution in [0.2, 0.25) is 5.02 Å². The number of hydrogen-bond donors (Lipinski definition) is 1. The molecular weight excluding hydrogens is 314 g/mol. The fourth-order valence-electron chi connectivity index (χ4n) is 2.33. The molecule has 0 aliphatic rings.